The molecule has 1 aromatic rings. The van der Waals surface area contributed by atoms with Crippen LogP contribution in [0.3, 0.4) is 0 Å². The molecule has 0 aromatic heterocycles. The van der Waals surface area contributed by atoms with E-state index in [2.05, 4.69) is 43.4 Å². The van der Waals surface area contributed by atoms with Crippen molar-refractivity contribution in [2.24, 2.45) is 0 Å². The number of benzene rings is 1. The minimum absolute atomic E-state index is 0. The third-order valence-corrected chi connectivity index (χ3v) is 1.90. The van der Waals surface area contributed by atoms with Crippen LogP contribution in [-0.2, 0) is 39.3 Å². The van der Waals surface area contributed by atoms with Crippen LogP contribution in [0.1, 0.15) is 30.9 Å². The van der Waals surface area contributed by atoms with Crippen molar-refractivity contribution >= 4 is 0 Å². The van der Waals surface area contributed by atoms with Crippen LogP contribution >= 0.6 is 0 Å². The summed E-state index contributed by atoms with van der Waals surface area (Å²) in [4.78, 5) is 0. The molecule has 0 saturated heterocycles. The maximum absolute atomic E-state index is 3.28. The van der Waals surface area contributed by atoms with Crippen LogP contribution in [0, 0.1) is 6.07 Å². The smallest absolute Gasteiger partial charge is 0 e. The molecule has 69 valence electrons. The largest absolute Gasteiger partial charge is 0.327 e. The molecule has 0 fully saturated rings. The van der Waals surface area contributed by atoms with Gasteiger partial charge in [0.2, 0.25) is 0 Å². The van der Waals surface area contributed by atoms with Gasteiger partial charge in [0.05, 0.1) is 0 Å². The number of rotatable bonds is 3. The monoisotopic (exact) mass is 251 g/mol. The van der Waals surface area contributed by atoms with E-state index >= 15 is 0 Å². The minimum Gasteiger partial charge on any atom is -0.327 e. The van der Waals surface area contributed by atoms with E-state index in [9.17, 15) is 0 Å². The van der Waals surface area contributed by atoms with Crippen LogP contribution in [0.2, 0.25) is 0 Å². The molecular formula is C11H16NY-. The van der Waals surface area contributed by atoms with E-state index < -0.39 is 0 Å². The molecule has 1 radical (unpaired) electrons. The van der Waals surface area contributed by atoms with Crippen LogP contribution < -0.4 is 5.32 Å². The van der Waals surface area contributed by atoms with Crippen LogP contribution in [0.5, 0.6) is 0 Å². The average molecular weight is 251 g/mol. The topological polar surface area (TPSA) is 12.0 Å². The first-order valence-corrected chi connectivity index (χ1v) is 4.39. The third-order valence-electron chi connectivity index (χ3n) is 1.90. The van der Waals surface area contributed by atoms with Crippen molar-refractivity contribution in [2.75, 3.05) is 7.05 Å². The second kappa shape index (κ2) is 6.70. The van der Waals surface area contributed by atoms with Gasteiger partial charge in [0.1, 0.15) is 0 Å². The Morgan fingerprint density at radius 1 is 1.38 bits per heavy atom. The summed E-state index contributed by atoms with van der Waals surface area (Å²) in [5.74, 6) is 0.577. The molecule has 0 spiro atoms. The van der Waals surface area contributed by atoms with Crippen molar-refractivity contribution in [2.45, 2.75) is 26.3 Å². The Labute approximate surface area is 106 Å². The first-order chi connectivity index (χ1) is 5.74. The van der Waals surface area contributed by atoms with Gasteiger partial charge in [-0.2, -0.15) is 29.8 Å². The molecule has 0 bridgehead atoms. The summed E-state index contributed by atoms with van der Waals surface area (Å²) >= 11 is 0. The van der Waals surface area contributed by atoms with E-state index in [1.54, 1.807) is 0 Å². The van der Waals surface area contributed by atoms with Crippen molar-refractivity contribution in [3.05, 3.63) is 35.4 Å². The van der Waals surface area contributed by atoms with Crippen molar-refractivity contribution < 1.29 is 32.7 Å². The fourth-order valence-electron chi connectivity index (χ4n) is 1.14. The molecule has 0 atom stereocenters. The van der Waals surface area contributed by atoms with E-state index in [1.807, 2.05) is 7.05 Å². The summed E-state index contributed by atoms with van der Waals surface area (Å²) in [6.07, 6.45) is 0. The summed E-state index contributed by atoms with van der Waals surface area (Å²) in [5.41, 5.74) is 2.58. The predicted molar refractivity (Wildman–Crippen MR) is 52.1 cm³/mol. The van der Waals surface area contributed by atoms with Gasteiger partial charge in [-0.25, -0.2) is 0 Å². The molecule has 1 rings (SSSR count). The Bertz CT molecular complexity index is 228. The quantitative estimate of drug-likeness (QED) is 0.813. The van der Waals surface area contributed by atoms with Crippen molar-refractivity contribution in [3.63, 3.8) is 0 Å². The summed E-state index contributed by atoms with van der Waals surface area (Å²) in [6.45, 7) is 5.29. The molecule has 1 nitrogen and oxygen atoms in total. The standard InChI is InChI=1S/C11H16N.Y/c1-9(2)11-6-4-10(5-7-11)8-12-3;/h4-6,9,12H,8H2,1-3H3;/q-1;. The Hall–Kier alpha value is 0.284. The van der Waals surface area contributed by atoms with Crippen molar-refractivity contribution in [1.29, 1.82) is 0 Å². The summed E-state index contributed by atoms with van der Waals surface area (Å²) in [6, 6.07) is 9.65. The maximum Gasteiger partial charge on any atom is 0 e. The van der Waals surface area contributed by atoms with Gasteiger partial charge in [0.15, 0.2) is 0 Å². The fraction of sp³-hybridized carbons (Fsp3) is 0.455. The zero-order valence-electron chi connectivity index (χ0n) is 8.59. The van der Waals surface area contributed by atoms with Gasteiger partial charge in [0.25, 0.3) is 0 Å². The van der Waals surface area contributed by atoms with Gasteiger partial charge in [-0.05, 0) is 19.5 Å². The van der Waals surface area contributed by atoms with Gasteiger partial charge < -0.3 is 5.32 Å². The Morgan fingerprint density at radius 2 is 2.08 bits per heavy atom. The molecule has 0 unspecified atom stereocenters. The Morgan fingerprint density at radius 3 is 2.46 bits per heavy atom. The minimum atomic E-state index is 0. The molecule has 0 aliphatic heterocycles. The van der Waals surface area contributed by atoms with Gasteiger partial charge in [-0.3, -0.25) is 0 Å². The molecular weight excluding hydrogens is 235 g/mol. The van der Waals surface area contributed by atoms with Crippen LogP contribution in [0.25, 0.3) is 0 Å². The SMILES string of the molecule is CNCc1c[c-]c(C(C)C)cc1.[Y]. The predicted octanol–water partition coefficient (Wildman–Crippen LogP) is 2.33. The molecule has 1 N–H and O–H groups in total. The van der Waals surface area contributed by atoms with Gasteiger partial charge in [-0.15, -0.1) is 5.56 Å². The van der Waals surface area contributed by atoms with Crippen molar-refractivity contribution in [3.8, 4) is 0 Å². The first-order valence-electron chi connectivity index (χ1n) is 4.39. The summed E-state index contributed by atoms with van der Waals surface area (Å²) in [7, 11) is 1.95. The van der Waals surface area contributed by atoms with Gasteiger partial charge >= 0.3 is 0 Å². The molecule has 2 heteroatoms. The average Bonchev–Trinajstić information content (AvgIpc) is 2.06. The third kappa shape index (κ3) is 4.35. The number of nitrogens with one attached hydrogen (secondary N) is 1. The first kappa shape index (κ1) is 13.3. The number of hydrogen-bond donors (Lipinski definition) is 1. The maximum atomic E-state index is 3.28. The van der Waals surface area contributed by atoms with Crippen LogP contribution in [0.15, 0.2) is 18.2 Å². The molecule has 1 aromatic carbocycles. The Kier molecular flexibility index (Phi) is 6.84. The summed E-state index contributed by atoms with van der Waals surface area (Å²) in [5, 5.41) is 3.11. The molecule has 0 amide bonds. The van der Waals surface area contributed by atoms with E-state index in [0.717, 1.165) is 6.54 Å². The molecule has 0 heterocycles. The van der Waals surface area contributed by atoms with E-state index in [4.69, 9.17) is 0 Å². The Balaban J connectivity index is 0.00000144. The summed E-state index contributed by atoms with van der Waals surface area (Å²) < 4.78 is 0. The molecule has 13 heavy (non-hydrogen) atoms. The van der Waals surface area contributed by atoms with Gasteiger partial charge in [-0.1, -0.05) is 13.8 Å². The zero-order chi connectivity index (χ0) is 8.97. The van der Waals surface area contributed by atoms with E-state index in [1.165, 1.54) is 11.1 Å². The zero-order valence-corrected chi connectivity index (χ0v) is 11.4. The van der Waals surface area contributed by atoms with E-state index in [0.29, 0.717) is 5.92 Å². The fourth-order valence-corrected chi connectivity index (χ4v) is 1.14. The molecule has 0 saturated carbocycles. The van der Waals surface area contributed by atoms with Gasteiger partial charge in [0, 0.05) is 32.7 Å². The van der Waals surface area contributed by atoms with Crippen LogP contribution in [-0.4, -0.2) is 7.05 Å². The second-order valence-electron chi connectivity index (χ2n) is 3.34. The second-order valence-corrected chi connectivity index (χ2v) is 3.34. The van der Waals surface area contributed by atoms with Crippen LogP contribution in [0.4, 0.5) is 0 Å². The molecule has 0 aliphatic rings. The number of hydrogen-bond acceptors (Lipinski definition) is 1. The van der Waals surface area contributed by atoms with E-state index in [-0.39, 0.29) is 32.7 Å². The van der Waals surface area contributed by atoms with Crippen molar-refractivity contribution in [1.82, 2.24) is 5.32 Å². The normalized spacial score (nSPS) is 9.85. The molecule has 0 aliphatic carbocycles.